The van der Waals surface area contributed by atoms with E-state index in [2.05, 4.69) is 65.1 Å². The average molecular weight is 352 g/mol. The van der Waals surface area contributed by atoms with Crippen LogP contribution in [0.2, 0.25) is 0 Å². The van der Waals surface area contributed by atoms with E-state index in [0.29, 0.717) is 11.6 Å². The number of nitrogens with zero attached hydrogens (tertiary/aromatic N) is 2. The molecule has 2 aromatic rings. The fraction of sp³-hybridized carbons (Fsp3) is 0.333. The molecule has 0 radical (unpaired) electrons. The number of nitrogen functional groups attached to an aromatic ring is 1. The van der Waals surface area contributed by atoms with Gasteiger partial charge in [-0.3, -0.25) is 0 Å². The molecule has 2 rings (SSSR count). The number of benzene rings is 1. The van der Waals surface area contributed by atoms with Crippen molar-refractivity contribution < 1.29 is 0 Å². The number of halogens is 1. The molecule has 0 saturated carbocycles. The molecule has 2 N–H and O–H groups in total. The Balaban J connectivity index is 2.54. The predicted molar refractivity (Wildman–Crippen MR) is 90.1 cm³/mol. The maximum Gasteiger partial charge on any atom is 0.161 e. The molecule has 0 saturated heterocycles. The van der Waals surface area contributed by atoms with Crippen LogP contribution in [0.3, 0.4) is 0 Å². The van der Waals surface area contributed by atoms with Gasteiger partial charge in [-0.05, 0) is 34.3 Å². The Morgan fingerprint density at radius 3 is 2.20 bits per heavy atom. The van der Waals surface area contributed by atoms with Crippen molar-refractivity contribution in [3.05, 3.63) is 34.4 Å². The first-order valence-corrected chi connectivity index (χ1v) is 8.32. The first-order chi connectivity index (χ1) is 9.32. The van der Waals surface area contributed by atoms with E-state index >= 15 is 0 Å². The highest BCUT2D eigenvalue weighted by molar-refractivity contribution is 9.10. The number of rotatable bonds is 2. The Bertz CT molecular complexity index is 618. The van der Waals surface area contributed by atoms with Gasteiger partial charge in [-0.1, -0.05) is 32.9 Å². The Morgan fingerprint density at radius 2 is 1.70 bits per heavy atom. The molecule has 0 aliphatic rings. The van der Waals surface area contributed by atoms with Crippen LogP contribution in [0.5, 0.6) is 0 Å². The molecule has 3 nitrogen and oxygen atoms in total. The molecule has 0 unspecified atom stereocenters. The Morgan fingerprint density at radius 1 is 1.10 bits per heavy atom. The molecular formula is C15H18BrN3S. The number of aromatic nitrogens is 2. The monoisotopic (exact) mass is 351 g/mol. The van der Waals surface area contributed by atoms with Gasteiger partial charge in [0.2, 0.25) is 0 Å². The van der Waals surface area contributed by atoms with E-state index in [0.717, 1.165) is 15.7 Å². The Hall–Kier alpha value is -1.07. The zero-order valence-electron chi connectivity index (χ0n) is 12.1. The van der Waals surface area contributed by atoms with E-state index in [1.165, 1.54) is 4.90 Å². The standard InChI is InChI=1S/C15H18BrN3S/c1-15(2,3)12-11(16)13(17)19-14(18-12)9-5-7-10(20-4)8-6-9/h5-8H,1-4H3,(H2,17,18,19). The van der Waals surface area contributed by atoms with E-state index in [1.54, 1.807) is 11.8 Å². The summed E-state index contributed by atoms with van der Waals surface area (Å²) in [5, 5.41) is 0. The van der Waals surface area contributed by atoms with Gasteiger partial charge in [-0.2, -0.15) is 0 Å². The van der Waals surface area contributed by atoms with Crippen LogP contribution in [0.4, 0.5) is 5.82 Å². The van der Waals surface area contributed by atoms with Crippen LogP contribution in [-0.4, -0.2) is 16.2 Å². The van der Waals surface area contributed by atoms with Gasteiger partial charge in [0.1, 0.15) is 5.82 Å². The number of anilines is 1. The fourth-order valence-electron chi connectivity index (χ4n) is 1.83. The highest BCUT2D eigenvalue weighted by Gasteiger charge is 2.22. The van der Waals surface area contributed by atoms with Crippen molar-refractivity contribution in [1.29, 1.82) is 0 Å². The van der Waals surface area contributed by atoms with Gasteiger partial charge < -0.3 is 5.73 Å². The normalized spacial score (nSPS) is 11.7. The van der Waals surface area contributed by atoms with Gasteiger partial charge >= 0.3 is 0 Å². The zero-order valence-corrected chi connectivity index (χ0v) is 14.5. The van der Waals surface area contributed by atoms with Crippen molar-refractivity contribution in [2.24, 2.45) is 0 Å². The SMILES string of the molecule is CSc1ccc(-c2nc(N)c(Br)c(C(C)(C)C)n2)cc1. The second-order valence-corrected chi connectivity index (χ2v) is 7.25. The first kappa shape index (κ1) is 15.3. The summed E-state index contributed by atoms with van der Waals surface area (Å²) >= 11 is 5.20. The van der Waals surface area contributed by atoms with Crippen LogP contribution in [-0.2, 0) is 5.41 Å². The maximum absolute atomic E-state index is 6.01. The molecule has 0 aliphatic heterocycles. The van der Waals surface area contributed by atoms with E-state index in [9.17, 15) is 0 Å². The summed E-state index contributed by atoms with van der Waals surface area (Å²) in [7, 11) is 0. The summed E-state index contributed by atoms with van der Waals surface area (Å²) in [6.45, 7) is 6.33. The minimum Gasteiger partial charge on any atom is -0.383 e. The minimum atomic E-state index is -0.0934. The van der Waals surface area contributed by atoms with Gasteiger partial charge in [0, 0.05) is 15.9 Å². The van der Waals surface area contributed by atoms with E-state index in [1.807, 2.05) is 12.1 Å². The molecule has 20 heavy (non-hydrogen) atoms. The molecule has 0 amide bonds. The molecule has 0 atom stereocenters. The van der Waals surface area contributed by atoms with Crippen LogP contribution in [0, 0.1) is 0 Å². The largest absolute Gasteiger partial charge is 0.383 e. The topological polar surface area (TPSA) is 51.8 Å². The zero-order chi connectivity index (χ0) is 14.9. The molecular weight excluding hydrogens is 334 g/mol. The molecule has 0 fully saturated rings. The summed E-state index contributed by atoms with van der Waals surface area (Å²) < 4.78 is 0.787. The molecule has 1 heterocycles. The fourth-order valence-corrected chi connectivity index (χ4v) is 3.01. The molecule has 0 spiro atoms. The average Bonchev–Trinajstić information content (AvgIpc) is 2.40. The van der Waals surface area contributed by atoms with Gasteiger partial charge in [-0.25, -0.2) is 9.97 Å². The van der Waals surface area contributed by atoms with Crippen LogP contribution in [0.25, 0.3) is 11.4 Å². The van der Waals surface area contributed by atoms with Crippen LogP contribution < -0.4 is 5.73 Å². The lowest BCUT2D eigenvalue weighted by Crippen LogP contribution is -2.17. The van der Waals surface area contributed by atoms with Crippen molar-refractivity contribution in [3.8, 4) is 11.4 Å². The van der Waals surface area contributed by atoms with Crippen LogP contribution in [0.1, 0.15) is 26.5 Å². The third-order valence-electron chi connectivity index (χ3n) is 2.94. The van der Waals surface area contributed by atoms with E-state index in [-0.39, 0.29) is 5.41 Å². The molecule has 1 aromatic heterocycles. The van der Waals surface area contributed by atoms with Gasteiger partial charge in [0.15, 0.2) is 5.82 Å². The van der Waals surface area contributed by atoms with Gasteiger partial charge in [-0.15, -0.1) is 11.8 Å². The van der Waals surface area contributed by atoms with Crippen molar-refractivity contribution in [3.63, 3.8) is 0 Å². The summed E-state index contributed by atoms with van der Waals surface area (Å²) in [5.74, 6) is 1.15. The Labute approximate surface area is 132 Å². The first-order valence-electron chi connectivity index (χ1n) is 6.31. The van der Waals surface area contributed by atoms with E-state index in [4.69, 9.17) is 5.73 Å². The third kappa shape index (κ3) is 3.15. The highest BCUT2D eigenvalue weighted by atomic mass is 79.9. The number of hydrogen-bond donors (Lipinski definition) is 1. The summed E-state index contributed by atoms with van der Waals surface area (Å²) in [5.41, 5.74) is 7.82. The molecule has 106 valence electrons. The maximum atomic E-state index is 6.01. The molecule has 0 aliphatic carbocycles. The van der Waals surface area contributed by atoms with Gasteiger partial charge in [0.05, 0.1) is 10.2 Å². The molecule has 5 heteroatoms. The van der Waals surface area contributed by atoms with Crippen molar-refractivity contribution in [2.75, 3.05) is 12.0 Å². The number of thioether (sulfide) groups is 1. The van der Waals surface area contributed by atoms with Crippen LogP contribution >= 0.6 is 27.7 Å². The molecule has 0 bridgehead atoms. The number of hydrogen-bond acceptors (Lipinski definition) is 4. The second-order valence-electron chi connectivity index (χ2n) is 5.57. The van der Waals surface area contributed by atoms with Gasteiger partial charge in [0.25, 0.3) is 0 Å². The lowest BCUT2D eigenvalue weighted by atomic mass is 9.91. The minimum absolute atomic E-state index is 0.0934. The summed E-state index contributed by atoms with van der Waals surface area (Å²) in [6.07, 6.45) is 2.06. The second kappa shape index (κ2) is 5.74. The van der Waals surface area contributed by atoms with Crippen LogP contribution in [0.15, 0.2) is 33.6 Å². The van der Waals surface area contributed by atoms with Crippen molar-refractivity contribution >= 4 is 33.5 Å². The smallest absolute Gasteiger partial charge is 0.161 e. The quantitative estimate of drug-likeness (QED) is 0.808. The van der Waals surface area contributed by atoms with Crippen molar-refractivity contribution in [2.45, 2.75) is 31.1 Å². The lowest BCUT2D eigenvalue weighted by Gasteiger charge is -2.20. The Kier molecular flexibility index (Phi) is 4.39. The third-order valence-corrected chi connectivity index (χ3v) is 4.46. The van der Waals surface area contributed by atoms with Crippen molar-refractivity contribution in [1.82, 2.24) is 9.97 Å². The summed E-state index contributed by atoms with van der Waals surface area (Å²) in [4.78, 5) is 10.3. The number of nitrogens with two attached hydrogens (primary N) is 1. The highest BCUT2D eigenvalue weighted by Crippen LogP contribution is 2.33. The predicted octanol–water partition coefficient (Wildman–Crippen LogP) is 4.51. The summed E-state index contributed by atoms with van der Waals surface area (Å²) in [6, 6.07) is 8.19. The lowest BCUT2D eigenvalue weighted by molar-refractivity contribution is 0.565. The molecule has 1 aromatic carbocycles. The van der Waals surface area contributed by atoms with E-state index < -0.39 is 0 Å².